The van der Waals surface area contributed by atoms with Gasteiger partial charge in [0.1, 0.15) is 11.6 Å². The molecule has 2 aromatic carbocycles. The number of aromatic nitrogens is 2. The number of hydrogen-bond donors (Lipinski definition) is 1. The zero-order valence-electron chi connectivity index (χ0n) is 16.9. The fourth-order valence-electron chi connectivity index (χ4n) is 3.97. The fourth-order valence-corrected chi connectivity index (χ4v) is 3.97. The van der Waals surface area contributed by atoms with Crippen molar-refractivity contribution >= 4 is 16.6 Å². The van der Waals surface area contributed by atoms with Gasteiger partial charge >= 0.3 is 0 Å². The fraction of sp³-hybridized carbons (Fsp3) is 0.391. The molecule has 152 valence electrons. The Hall–Kier alpha value is -2.86. The summed E-state index contributed by atoms with van der Waals surface area (Å²) in [5.74, 6) is 1.46. The SMILES string of the molecule is Cc1nc2ccc(N)cc2c(=O)n1-c1ccc(OCCCN2CCCCC2)cc1. The molecule has 0 spiro atoms. The van der Waals surface area contributed by atoms with Gasteiger partial charge in [0.2, 0.25) is 0 Å². The molecule has 0 unspecified atom stereocenters. The number of ether oxygens (including phenoxy) is 1. The lowest BCUT2D eigenvalue weighted by Crippen LogP contribution is -2.31. The molecule has 1 saturated heterocycles. The lowest BCUT2D eigenvalue weighted by Gasteiger charge is -2.26. The van der Waals surface area contributed by atoms with Gasteiger partial charge in [0, 0.05) is 12.2 Å². The van der Waals surface area contributed by atoms with Crippen molar-refractivity contribution in [3.63, 3.8) is 0 Å². The number of nitrogens with two attached hydrogens (primary N) is 1. The Labute approximate surface area is 170 Å². The quantitative estimate of drug-likeness (QED) is 0.513. The maximum absolute atomic E-state index is 13.0. The lowest BCUT2D eigenvalue weighted by atomic mass is 10.1. The van der Waals surface area contributed by atoms with E-state index in [9.17, 15) is 4.79 Å². The van der Waals surface area contributed by atoms with Crippen LogP contribution in [0, 0.1) is 6.92 Å². The minimum Gasteiger partial charge on any atom is -0.494 e. The zero-order valence-corrected chi connectivity index (χ0v) is 16.9. The Kier molecular flexibility index (Phi) is 5.81. The predicted octanol–water partition coefficient (Wildman–Crippen LogP) is 3.53. The molecule has 6 heteroatoms. The lowest BCUT2D eigenvalue weighted by molar-refractivity contribution is 0.205. The Bertz CT molecular complexity index is 1040. The van der Waals surface area contributed by atoms with Crippen LogP contribution >= 0.6 is 0 Å². The third kappa shape index (κ3) is 4.43. The number of nitrogen functional groups attached to an aromatic ring is 1. The second-order valence-electron chi connectivity index (χ2n) is 7.67. The van der Waals surface area contributed by atoms with E-state index in [0.29, 0.717) is 29.0 Å². The summed E-state index contributed by atoms with van der Waals surface area (Å²) >= 11 is 0. The first-order valence-corrected chi connectivity index (χ1v) is 10.4. The smallest absolute Gasteiger partial charge is 0.266 e. The van der Waals surface area contributed by atoms with Gasteiger partial charge in [-0.15, -0.1) is 0 Å². The maximum Gasteiger partial charge on any atom is 0.266 e. The summed E-state index contributed by atoms with van der Waals surface area (Å²) in [7, 11) is 0. The minimum atomic E-state index is -0.116. The molecular weight excluding hydrogens is 364 g/mol. The topological polar surface area (TPSA) is 73.4 Å². The van der Waals surface area contributed by atoms with Crippen molar-refractivity contribution < 1.29 is 4.74 Å². The van der Waals surface area contributed by atoms with E-state index in [0.717, 1.165) is 24.4 Å². The molecule has 0 amide bonds. The molecule has 0 radical (unpaired) electrons. The van der Waals surface area contributed by atoms with Crippen molar-refractivity contribution in [1.29, 1.82) is 0 Å². The average Bonchev–Trinajstić information content (AvgIpc) is 2.74. The van der Waals surface area contributed by atoms with Crippen LogP contribution in [-0.2, 0) is 0 Å². The normalized spacial score (nSPS) is 14.9. The number of anilines is 1. The third-order valence-electron chi connectivity index (χ3n) is 5.49. The summed E-state index contributed by atoms with van der Waals surface area (Å²) in [5, 5.41) is 0.522. The third-order valence-corrected chi connectivity index (χ3v) is 5.49. The number of aryl methyl sites for hydroxylation is 1. The molecule has 1 aromatic heterocycles. The molecule has 0 bridgehead atoms. The Balaban J connectivity index is 1.44. The molecular formula is C23H28N4O2. The highest BCUT2D eigenvalue weighted by Crippen LogP contribution is 2.18. The van der Waals surface area contributed by atoms with E-state index < -0.39 is 0 Å². The van der Waals surface area contributed by atoms with Crippen LogP contribution in [0.5, 0.6) is 5.75 Å². The largest absolute Gasteiger partial charge is 0.494 e. The average molecular weight is 393 g/mol. The van der Waals surface area contributed by atoms with E-state index >= 15 is 0 Å². The molecule has 0 aliphatic carbocycles. The molecule has 1 fully saturated rings. The standard InChI is InChI=1S/C23H28N4O2/c1-17-25-22-11-6-18(24)16-21(22)23(28)27(17)19-7-9-20(10-8-19)29-15-5-14-26-12-3-2-4-13-26/h6-11,16H,2-5,12-15,24H2,1H3. The number of fused-ring (bicyclic) bond motifs is 1. The van der Waals surface area contributed by atoms with Crippen molar-refractivity contribution in [2.45, 2.75) is 32.6 Å². The Morgan fingerprint density at radius 1 is 1.07 bits per heavy atom. The minimum absolute atomic E-state index is 0.116. The molecule has 0 atom stereocenters. The van der Waals surface area contributed by atoms with Crippen molar-refractivity contribution in [3.05, 3.63) is 58.6 Å². The number of nitrogens with zero attached hydrogens (tertiary/aromatic N) is 3. The van der Waals surface area contributed by atoms with E-state index in [2.05, 4.69) is 9.88 Å². The molecule has 6 nitrogen and oxygen atoms in total. The number of hydrogen-bond acceptors (Lipinski definition) is 5. The van der Waals surface area contributed by atoms with Crippen LogP contribution in [0.2, 0.25) is 0 Å². The predicted molar refractivity (Wildman–Crippen MR) is 117 cm³/mol. The van der Waals surface area contributed by atoms with Crippen molar-refractivity contribution in [2.24, 2.45) is 0 Å². The molecule has 1 aliphatic heterocycles. The van der Waals surface area contributed by atoms with Crippen LogP contribution < -0.4 is 16.0 Å². The Morgan fingerprint density at radius 2 is 1.83 bits per heavy atom. The van der Waals surface area contributed by atoms with Gasteiger partial charge in [-0.3, -0.25) is 9.36 Å². The second kappa shape index (κ2) is 8.66. The highest BCUT2D eigenvalue weighted by Gasteiger charge is 2.11. The van der Waals surface area contributed by atoms with E-state index in [1.807, 2.05) is 31.2 Å². The summed E-state index contributed by atoms with van der Waals surface area (Å²) in [6.45, 7) is 6.06. The van der Waals surface area contributed by atoms with Crippen LogP contribution in [0.3, 0.4) is 0 Å². The summed E-state index contributed by atoms with van der Waals surface area (Å²) in [6, 6.07) is 12.8. The van der Waals surface area contributed by atoms with Gasteiger partial charge in [-0.1, -0.05) is 6.42 Å². The maximum atomic E-state index is 13.0. The van der Waals surface area contributed by atoms with E-state index in [1.54, 1.807) is 22.8 Å². The first-order valence-electron chi connectivity index (χ1n) is 10.4. The molecule has 4 rings (SSSR count). The summed E-state index contributed by atoms with van der Waals surface area (Å²) in [5.41, 5.74) is 7.72. The van der Waals surface area contributed by atoms with Crippen molar-refractivity contribution in [2.75, 3.05) is 32.0 Å². The van der Waals surface area contributed by atoms with E-state index in [-0.39, 0.29) is 5.56 Å². The molecule has 29 heavy (non-hydrogen) atoms. The van der Waals surface area contributed by atoms with Gasteiger partial charge in [-0.25, -0.2) is 4.98 Å². The van der Waals surface area contributed by atoms with Gasteiger partial charge in [-0.05, 0) is 81.7 Å². The zero-order chi connectivity index (χ0) is 20.2. The van der Waals surface area contributed by atoms with Crippen LogP contribution in [0.1, 0.15) is 31.5 Å². The van der Waals surface area contributed by atoms with Gasteiger partial charge in [0.05, 0.1) is 23.2 Å². The number of benzene rings is 2. The summed E-state index contributed by atoms with van der Waals surface area (Å²) in [6.07, 6.45) is 5.02. The van der Waals surface area contributed by atoms with Crippen LogP contribution in [0.4, 0.5) is 5.69 Å². The summed E-state index contributed by atoms with van der Waals surface area (Å²) in [4.78, 5) is 20.1. The van der Waals surface area contributed by atoms with Crippen LogP contribution in [0.25, 0.3) is 16.6 Å². The number of rotatable bonds is 6. The van der Waals surface area contributed by atoms with E-state index in [4.69, 9.17) is 10.5 Å². The summed E-state index contributed by atoms with van der Waals surface area (Å²) < 4.78 is 7.50. The number of likely N-dealkylation sites (tertiary alicyclic amines) is 1. The molecule has 1 aliphatic rings. The number of piperidine rings is 1. The van der Waals surface area contributed by atoms with Crippen molar-refractivity contribution in [3.8, 4) is 11.4 Å². The van der Waals surface area contributed by atoms with Crippen molar-refractivity contribution in [1.82, 2.24) is 14.5 Å². The van der Waals surface area contributed by atoms with Gasteiger partial charge in [-0.2, -0.15) is 0 Å². The highest BCUT2D eigenvalue weighted by molar-refractivity contribution is 5.81. The molecule has 0 saturated carbocycles. The van der Waals surface area contributed by atoms with Gasteiger partial charge in [0.15, 0.2) is 0 Å². The van der Waals surface area contributed by atoms with Crippen LogP contribution in [0.15, 0.2) is 47.3 Å². The van der Waals surface area contributed by atoms with Gasteiger partial charge in [0.25, 0.3) is 5.56 Å². The van der Waals surface area contributed by atoms with Crippen LogP contribution in [-0.4, -0.2) is 40.7 Å². The molecule has 3 aromatic rings. The molecule has 2 heterocycles. The first kappa shape index (κ1) is 19.5. The highest BCUT2D eigenvalue weighted by atomic mass is 16.5. The van der Waals surface area contributed by atoms with Gasteiger partial charge < -0.3 is 15.4 Å². The molecule has 2 N–H and O–H groups in total. The second-order valence-corrected chi connectivity index (χ2v) is 7.67. The van der Waals surface area contributed by atoms with E-state index in [1.165, 1.54) is 32.4 Å². The monoisotopic (exact) mass is 392 g/mol. The first-order chi connectivity index (χ1) is 14.1. The Morgan fingerprint density at radius 3 is 2.59 bits per heavy atom.